The van der Waals surface area contributed by atoms with Gasteiger partial charge in [0.15, 0.2) is 0 Å². The van der Waals surface area contributed by atoms with Gasteiger partial charge in [-0.1, -0.05) is 0 Å². The molecule has 0 aromatic rings. The van der Waals surface area contributed by atoms with Crippen molar-refractivity contribution in [3.8, 4) is 0 Å². The molecule has 2 atom stereocenters. The maximum Gasteiger partial charge on any atom is 0.251 e. The van der Waals surface area contributed by atoms with Crippen molar-refractivity contribution in [3.05, 3.63) is 0 Å². The third-order valence-electron chi connectivity index (χ3n) is 4.98. The maximum absolute atomic E-state index is 12.5. The average Bonchev–Trinajstić information content (AvgIpc) is 3.04. The molecule has 0 aromatic carbocycles. The first-order chi connectivity index (χ1) is 10.3. The summed E-state index contributed by atoms with van der Waals surface area (Å²) in [6, 6.07) is 0.639. The summed E-state index contributed by atoms with van der Waals surface area (Å²) in [4.78, 5) is 17.0. The van der Waals surface area contributed by atoms with Crippen molar-refractivity contribution < 1.29 is 14.3 Å². The van der Waals surface area contributed by atoms with Crippen molar-refractivity contribution in [3.63, 3.8) is 0 Å². The molecule has 3 heterocycles. The summed E-state index contributed by atoms with van der Waals surface area (Å²) in [7, 11) is 0. The lowest BCUT2D eigenvalue weighted by Gasteiger charge is -2.41. The van der Waals surface area contributed by atoms with Gasteiger partial charge in [-0.25, -0.2) is 0 Å². The minimum Gasteiger partial charge on any atom is -0.381 e. The topological polar surface area (TPSA) is 68.0 Å². The Kier molecular flexibility index (Phi) is 5.11. The van der Waals surface area contributed by atoms with Crippen LogP contribution in [0, 0.1) is 0 Å². The van der Waals surface area contributed by atoms with Crippen LogP contribution >= 0.6 is 0 Å². The minimum atomic E-state index is -0.256. The summed E-state index contributed by atoms with van der Waals surface area (Å²) >= 11 is 0. The minimum absolute atomic E-state index is 0.0717. The quantitative estimate of drug-likeness (QED) is 0.782. The zero-order chi connectivity index (χ0) is 14.7. The molecule has 0 aliphatic carbocycles. The molecule has 3 aliphatic rings. The molecule has 3 aliphatic heterocycles. The van der Waals surface area contributed by atoms with E-state index in [1.807, 2.05) is 4.90 Å². The number of hydrogen-bond acceptors (Lipinski definition) is 5. The molecule has 120 valence electrons. The third-order valence-corrected chi connectivity index (χ3v) is 4.98. The zero-order valence-electron chi connectivity index (χ0n) is 12.7. The number of nitrogens with zero attached hydrogens (tertiary/aromatic N) is 2. The van der Waals surface area contributed by atoms with Gasteiger partial charge in [0.25, 0.3) is 5.91 Å². The van der Waals surface area contributed by atoms with E-state index in [9.17, 15) is 4.79 Å². The Bertz CT molecular complexity index is 352. The number of carbonyl (C=O) groups is 1. The van der Waals surface area contributed by atoms with E-state index in [1.54, 1.807) is 0 Å². The van der Waals surface area contributed by atoms with E-state index in [4.69, 9.17) is 15.2 Å². The van der Waals surface area contributed by atoms with E-state index in [1.165, 1.54) is 0 Å². The number of rotatable bonds is 3. The van der Waals surface area contributed by atoms with E-state index in [0.717, 1.165) is 65.1 Å². The number of nitrogens with two attached hydrogens (primary N) is 1. The Morgan fingerprint density at radius 2 is 1.76 bits per heavy atom. The normalized spacial score (nSPS) is 32.5. The summed E-state index contributed by atoms with van der Waals surface area (Å²) < 4.78 is 11.1. The SMILES string of the molecule is NC[C@H]1CC[C@@H](C(=O)N2CCN(C3CCOCC3)CC2)O1. The fraction of sp³-hybridized carbons (Fsp3) is 0.933. The predicted molar refractivity (Wildman–Crippen MR) is 78.9 cm³/mol. The van der Waals surface area contributed by atoms with Crippen molar-refractivity contribution in [2.24, 2.45) is 5.73 Å². The van der Waals surface area contributed by atoms with Crippen LogP contribution in [-0.4, -0.2) is 79.9 Å². The van der Waals surface area contributed by atoms with Gasteiger partial charge in [0, 0.05) is 52.0 Å². The molecule has 3 saturated heterocycles. The van der Waals surface area contributed by atoms with E-state index >= 15 is 0 Å². The van der Waals surface area contributed by atoms with Crippen molar-refractivity contribution >= 4 is 5.91 Å². The van der Waals surface area contributed by atoms with Crippen molar-refractivity contribution in [2.45, 2.75) is 43.9 Å². The predicted octanol–water partition coefficient (Wildman–Crippen LogP) is -0.184. The molecule has 0 spiro atoms. The number of ether oxygens (including phenoxy) is 2. The van der Waals surface area contributed by atoms with Crippen molar-refractivity contribution in [2.75, 3.05) is 45.9 Å². The lowest BCUT2D eigenvalue weighted by atomic mass is 10.1. The number of carbonyl (C=O) groups excluding carboxylic acids is 1. The maximum atomic E-state index is 12.5. The van der Waals surface area contributed by atoms with Gasteiger partial charge in [-0.2, -0.15) is 0 Å². The first-order valence-electron chi connectivity index (χ1n) is 8.24. The summed E-state index contributed by atoms with van der Waals surface area (Å²) in [5.74, 6) is 0.164. The van der Waals surface area contributed by atoms with Gasteiger partial charge in [0.2, 0.25) is 0 Å². The van der Waals surface area contributed by atoms with Crippen LogP contribution in [0.25, 0.3) is 0 Å². The monoisotopic (exact) mass is 297 g/mol. The smallest absolute Gasteiger partial charge is 0.251 e. The molecular formula is C15H27N3O3. The van der Waals surface area contributed by atoms with E-state index in [0.29, 0.717) is 12.6 Å². The highest BCUT2D eigenvalue weighted by Crippen LogP contribution is 2.22. The van der Waals surface area contributed by atoms with Crippen molar-refractivity contribution in [1.29, 1.82) is 0 Å². The second kappa shape index (κ2) is 7.05. The molecule has 21 heavy (non-hydrogen) atoms. The zero-order valence-corrected chi connectivity index (χ0v) is 12.7. The Labute approximate surface area is 126 Å². The fourth-order valence-corrected chi connectivity index (χ4v) is 3.62. The molecule has 0 radical (unpaired) electrons. The van der Waals surface area contributed by atoms with Crippen LogP contribution in [0.3, 0.4) is 0 Å². The number of hydrogen-bond donors (Lipinski definition) is 1. The van der Waals surface area contributed by atoms with E-state index in [2.05, 4.69) is 4.90 Å². The van der Waals surface area contributed by atoms with Crippen LogP contribution in [-0.2, 0) is 14.3 Å². The molecule has 3 fully saturated rings. The Morgan fingerprint density at radius 1 is 1.05 bits per heavy atom. The lowest BCUT2D eigenvalue weighted by Crippen LogP contribution is -2.54. The second-order valence-corrected chi connectivity index (χ2v) is 6.26. The highest BCUT2D eigenvalue weighted by molar-refractivity contribution is 5.81. The Balaban J connectivity index is 1.45. The van der Waals surface area contributed by atoms with Crippen LogP contribution in [0.1, 0.15) is 25.7 Å². The highest BCUT2D eigenvalue weighted by atomic mass is 16.5. The summed E-state index contributed by atoms with van der Waals surface area (Å²) in [6.07, 6.45) is 3.79. The standard InChI is InChI=1S/C15H27N3O3/c16-11-13-1-2-14(21-13)15(19)18-7-5-17(6-8-18)12-3-9-20-10-4-12/h12-14H,1-11,16H2/t13-,14+/m1/s1. The van der Waals surface area contributed by atoms with Gasteiger partial charge in [0.1, 0.15) is 6.10 Å². The second-order valence-electron chi connectivity index (χ2n) is 6.26. The van der Waals surface area contributed by atoms with E-state index in [-0.39, 0.29) is 18.1 Å². The summed E-state index contributed by atoms with van der Waals surface area (Å²) in [5, 5.41) is 0. The van der Waals surface area contributed by atoms with Gasteiger partial charge in [-0.3, -0.25) is 9.69 Å². The van der Waals surface area contributed by atoms with Gasteiger partial charge in [0.05, 0.1) is 6.10 Å². The molecule has 0 saturated carbocycles. The Morgan fingerprint density at radius 3 is 2.38 bits per heavy atom. The molecular weight excluding hydrogens is 270 g/mol. The van der Waals surface area contributed by atoms with Crippen LogP contribution in [0.4, 0.5) is 0 Å². The van der Waals surface area contributed by atoms with Crippen molar-refractivity contribution in [1.82, 2.24) is 9.80 Å². The summed E-state index contributed by atoms with van der Waals surface area (Å²) in [5.41, 5.74) is 5.61. The van der Waals surface area contributed by atoms with Crippen LogP contribution in [0.15, 0.2) is 0 Å². The largest absolute Gasteiger partial charge is 0.381 e. The first-order valence-corrected chi connectivity index (χ1v) is 8.24. The molecule has 0 unspecified atom stereocenters. The van der Waals surface area contributed by atoms with E-state index < -0.39 is 0 Å². The summed E-state index contributed by atoms with van der Waals surface area (Å²) in [6.45, 7) is 5.86. The molecule has 2 N–H and O–H groups in total. The van der Waals surface area contributed by atoms with Gasteiger partial charge in [-0.15, -0.1) is 0 Å². The third kappa shape index (κ3) is 3.56. The highest BCUT2D eigenvalue weighted by Gasteiger charge is 2.35. The van der Waals surface area contributed by atoms with Gasteiger partial charge >= 0.3 is 0 Å². The van der Waals surface area contributed by atoms with Crippen LogP contribution < -0.4 is 5.73 Å². The molecule has 0 aromatic heterocycles. The lowest BCUT2D eigenvalue weighted by molar-refractivity contribution is -0.145. The van der Waals surface area contributed by atoms with Gasteiger partial charge < -0.3 is 20.1 Å². The molecule has 6 nitrogen and oxygen atoms in total. The Hall–Kier alpha value is -0.690. The van der Waals surface area contributed by atoms with Crippen LogP contribution in [0.2, 0.25) is 0 Å². The average molecular weight is 297 g/mol. The number of amides is 1. The first kappa shape index (κ1) is 15.2. The van der Waals surface area contributed by atoms with Gasteiger partial charge in [-0.05, 0) is 25.7 Å². The van der Waals surface area contributed by atoms with Crippen LogP contribution in [0.5, 0.6) is 0 Å². The molecule has 0 bridgehead atoms. The molecule has 3 rings (SSSR count). The molecule has 6 heteroatoms. The fourth-order valence-electron chi connectivity index (χ4n) is 3.62. The number of piperazine rings is 1. The molecule has 1 amide bonds.